The summed E-state index contributed by atoms with van der Waals surface area (Å²) in [5.41, 5.74) is 1.26. The number of aliphatic hydroxyl groups is 1. The largest absolute Gasteiger partial charge is 0.491 e. The van der Waals surface area contributed by atoms with Crippen molar-refractivity contribution in [3.8, 4) is 5.75 Å². The lowest BCUT2D eigenvalue weighted by molar-refractivity contribution is 0.0935. The molecule has 0 aromatic heterocycles. The first-order chi connectivity index (χ1) is 12.1. The van der Waals surface area contributed by atoms with Crippen molar-refractivity contribution in [2.24, 2.45) is 0 Å². The highest BCUT2D eigenvalue weighted by atomic mass is 32.2. The number of benzene rings is 2. The number of hydrogen-bond donors (Lipinski definition) is 1. The van der Waals surface area contributed by atoms with E-state index in [1.807, 2.05) is 24.3 Å². The number of hydrogen-bond acceptors (Lipinski definition) is 4. The second-order valence-corrected chi connectivity index (χ2v) is 9.38. The maximum Gasteiger partial charge on any atom is 0.242 e. The van der Waals surface area contributed by atoms with Crippen molar-refractivity contribution in [3.05, 3.63) is 60.2 Å². The van der Waals surface area contributed by atoms with Crippen molar-refractivity contribution in [2.45, 2.75) is 37.2 Å². The summed E-state index contributed by atoms with van der Waals surface area (Å²) < 4.78 is 31.6. The number of ether oxygens (including phenoxy) is 1. The van der Waals surface area contributed by atoms with E-state index in [0.717, 1.165) is 4.31 Å². The van der Waals surface area contributed by atoms with Gasteiger partial charge in [0.05, 0.1) is 4.90 Å². The normalized spacial score (nSPS) is 13.6. The molecule has 0 aliphatic carbocycles. The summed E-state index contributed by atoms with van der Waals surface area (Å²) in [6, 6.07) is 15.9. The van der Waals surface area contributed by atoms with E-state index in [1.165, 1.54) is 24.7 Å². The van der Waals surface area contributed by atoms with Gasteiger partial charge in [0, 0.05) is 13.6 Å². The minimum atomic E-state index is -3.62. The number of likely N-dealkylation sites (N-methyl/N-ethyl adjacent to an activating group) is 1. The molecule has 2 rings (SSSR count). The molecular formula is C20H27NO4S. The first kappa shape index (κ1) is 20.4. The lowest BCUT2D eigenvalue weighted by atomic mass is 9.87. The molecule has 2 aromatic rings. The average molecular weight is 378 g/mol. The molecule has 0 heterocycles. The smallest absolute Gasteiger partial charge is 0.242 e. The molecule has 0 aliphatic heterocycles. The molecule has 142 valence electrons. The quantitative estimate of drug-likeness (QED) is 0.805. The third-order valence-electron chi connectivity index (χ3n) is 4.08. The fourth-order valence-electron chi connectivity index (χ4n) is 2.46. The minimum absolute atomic E-state index is 0.0174. The van der Waals surface area contributed by atoms with Crippen LogP contribution in [-0.4, -0.2) is 44.1 Å². The zero-order valence-corrected chi connectivity index (χ0v) is 16.5. The number of sulfonamides is 1. The lowest BCUT2D eigenvalue weighted by Gasteiger charge is -2.21. The Morgan fingerprint density at radius 2 is 1.62 bits per heavy atom. The van der Waals surface area contributed by atoms with Gasteiger partial charge in [-0.15, -0.1) is 0 Å². The molecule has 0 radical (unpaired) electrons. The predicted molar refractivity (Wildman–Crippen MR) is 103 cm³/mol. The van der Waals surface area contributed by atoms with Crippen LogP contribution in [0.5, 0.6) is 5.75 Å². The average Bonchev–Trinajstić information content (AvgIpc) is 2.60. The van der Waals surface area contributed by atoms with Gasteiger partial charge in [-0.3, -0.25) is 0 Å². The summed E-state index contributed by atoms with van der Waals surface area (Å²) in [5, 5.41) is 10.1. The summed E-state index contributed by atoms with van der Waals surface area (Å²) in [6.07, 6.45) is -0.930. The van der Waals surface area contributed by atoms with E-state index in [2.05, 4.69) is 20.8 Å². The fraction of sp³-hybridized carbons (Fsp3) is 0.400. The molecule has 0 unspecified atom stereocenters. The van der Waals surface area contributed by atoms with Gasteiger partial charge in [-0.2, -0.15) is 4.31 Å². The van der Waals surface area contributed by atoms with Gasteiger partial charge < -0.3 is 9.84 Å². The van der Waals surface area contributed by atoms with Crippen LogP contribution < -0.4 is 4.74 Å². The zero-order valence-electron chi connectivity index (χ0n) is 15.7. The van der Waals surface area contributed by atoms with Gasteiger partial charge in [0.1, 0.15) is 18.5 Å². The second kappa shape index (κ2) is 8.20. The van der Waals surface area contributed by atoms with Crippen molar-refractivity contribution < 1.29 is 18.3 Å². The molecular weight excluding hydrogens is 350 g/mol. The molecule has 5 nitrogen and oxygen atoms in total. The molecule has 1 atom stereocenters. The topological polar surface area (TPSA) is 66.8 Å². The Balaban J connectivity index is 1.91. The molecule has 0 saturated carbocycles. The monoisotopic (exact) mass is 377 g/mol. The second-order valence-electron chi connectivity index (χ2n) is 7.34. The summed E-state index contributed by atoms with van der Waals surface area (Å²) >= 11 is 0. The van der Waals surface area contributed by atoms with Crippen LogP contribution >= 0.6 is 0 Å². The molecule has 6 heteroatoms. The Hall–Kier alpha value is -1.89. The van der Waals surface area contributed by atoms with Crippen molar-refractivity contribution in [1.29, 1.82) is 0 Å². The van der Waals surface area contributed by atoms with Crippen molar-refractivity contribution in [3.63, 3.8) is 0 Å². The minimum Gasteiger partial charge on any atom is -0.491 e. The highest BCUT2D eigenvalue weighted by Gasteiger charge is 2.23. The third kappa shape index (κ3) is 5.30. The first-order valence-corrected chi connectivity index (χ1v) is 9.97. The van der Waals surface area contributed by atoms with Gasteiger partial charge in [-0.25, -0.2) is 8.42 Å². The van der Waals surface area contributed by atoms with E-state index in [0.29, 0.717) is 5.75 Å². The molecule has 0 amide bonds. The summed E-state index contributed by atoms with van der Waals surface area (Å²) in [5.74, 6) is 0.644. The Bertz CT molecular complexity index is 796. The maximum atomic E-state index is 12.4. The van der Waals surface area contributed by atoms with Crippen molar-refractivity contribution >= 4 is 10.0 Å². The highest BCUT2D eigenvalue weighted by molar-refractivity contribution is 7.89. The van der Waals surface area contributed by atoms with E-state index >= 15 is 0 Å². The molecule has 2 aromatic carbocycles. The first-order valence-electron chi connectivity index (χ1n) is 8.53. The van der Waals surface area contributed by atoms with E-state index in [9.17, 15) is 13.5 Å². The van der Waals surface area contributed by atoms with E-state index < -0.39 is 16.1 Å². The van der Waals surface area contributed by atoms with Gasteiger partial charge in [0.25, 0.3) is 0 Å². The van der Waals surface area contributed by atoms with Crippen molar-refractivity contribution in [1.82, 2.24) is 4.31 Å². The molecule has 1 N–H and O–H groups in total. The lowest BCUT2D eigenvalue weighted by Crippen LogP contribution is -2.37. The van der Waals surface area contributed by atoms with E-state index in [4.69, 9.17) is 4.74 Å². The Kier molecular flexibility index (Phi) is 6.44. The maximum absolute atomic E-state index is 12.4. The van der Waals surface area contributed by atoms with Crippen LogP contribution in [0.1, 0.15) is 26.3 Å². The Morgan fingerprint density at radius 3 is 2.15 bits per heavy atom. The molecule has 0 bridgehead atoms. The standard InChI is InChI=1S/C20H27NO4S/c1-20(2,3)16-10-12-18(13-11-16)25-15-17(22)14-21(4)26(23,24)19-8-6-5-7-9-19/h5-13,17,22H,14-15H2,1-4H3/t17-/m1/s1. The van der Waals surface area contributed by atoms with Gasteiger partial charge in [0.15, 0.2) is 0 Å². The number of aliphatic hydroxyl groups excluding tert-OH is 1. The molecule has 0 fully saturated rings. The molecule has 0 spiro atoms. The van der Waals surface area contributed by atoms with Crippen LogP contribution in [0.4, 0.5) is 0 Å². The summed E-state index contributed by atoms with van der Waals surface area (Å²) in [4.78, 5) is 0.202. The summed E-state index contributed by atoms with van der Waals surface area (Å²) in [7, 11) is -2.17. The van der Waals surface area contributed by atoms with Gasteiger partial charge >= 0.3 is 0 Å². The number of nitrogens with zero attached hydrogens (tertiary/aromatic N) is 1. The Morgan fingerprint density at radius 1 is 1.04 bits per heavy atom. The number of rotatable bonds is 7. The SMILES string of the molecule is CN(C[C@@H](O)COc1ccc(C(C)(C)C)cc1)S(=O)(=O)c1ccccc1. The third-order valence-corrected chi connectivity index (χ3v) is 5.92. The van der Waals surface area contributed by atoms with Gasteiger partial charge in [-0.05, 0) is 35.2 Å². The highest BCUT2D eigenvalue weighted by Crippen LogP contribution is 2.24. The van der Waals surface area contributed by atoms with E-state index in [1.54, 1.807) is 18.2 Å². The summed E-state index contributed by atoms with van der Waals surface area (Å²) in [6.45, 7) is 6.38. The van der Waals surface area contributed by atoms with E-state index in [-0.39, 0.29) is 23.5 Å². The molecule has 0 saturated heterocycles. The molecule has 0 aliphatic rings. The zero-order chi connectivity index (χ0) is 19.4. The van der Waals surface area contributed by atoms with Crippen LogP contribution in [0.25, 0.3) is 0 Å². The Labute approximate surface area is 156 Å². The van der Waals surface area contributed by atoms with Crippen LogP contribution in [-0.2, 0) is 15.4 Å². The predicted octanol–water partition coefficient (Wildman–Crippen LogP) is 3.04. The van der Waals surface area contributed by atoms with Gasteiger partial charge in [-0.1, -0.05) is 51.1 Å². The van der Waals surface area contributed by atoms with Crippen LogP contribution in [0.2, 0.25) is 0 Å². The van der Waals surface area contributed by atoms with Gasteiger partial charge in [0.2, 0.25) is 10.0 Å². The van der Waals surface area contributed by atoms with Crippen LogP contribution in [0, 0.1) is 0 Å². The fourth-order valence-corrected chi connectivity index (χ4v) is 3.69. The van der Waals surface area contributed by atoms with Crippen LogP contribution in [0.3, 0.4) is 0 Å². The molecule has 26 heavy (non-hydrogen) atoms. The van der Waals surface area contributed by atoms with Crippen LogP contribution in [0.15, 0.2) is 59.5 Å². The van der Waals surface area contributed by atoms with Crippen molar-refractivity contribution in [2.75, 3.05) is 20.2 Å².